The first-order valence-electron chi connectivity index (χ1n) is 7.87. The molecule has 0 radical (unpaired) electrons. The Labute approximate surface area is 122 Å². The Kier molecular flexibility index (Phi) is 6.90. The summed E-state index contributed by atoms with van der Waals surface area (Å²) in [6.45, 7) is 7.13. The van der Waals surface area contributed by atoms with Crippen molar-refractivity contribution < 1.29 is 0 Å². The minimum absolute atomic E-state index is 0.835. The average molecular weight is 280 g/mol. The monoisotopic (exact) mass is 280 g/mol. The van der Waals surface area contributed by atoms with Crippen molar-refractivity contribution in [2.24, 2.45) is 0 Å². The number of hydrogen-bond acceptors (Lipinski definition) is 3. The number of rotatable bonds is 7. The molecule has 2 rings (SSSR count). The van der Waals surface area contributed by atoms with Crippen LogP contribution in [-0.4, -0.2) is 37.1 Å². The van der Waals surface area contributed by atoms with Crippen LogP contribution in [0.5, 0.6) is 0 Å². The first kappa shape index (κ1) is 15.0. The van der Waals surface area contributed by atoms with E-state index in [-0.39, 0.29) is 0 Å². The lowest BCUT2D eigenvalue weighted by molar-refractivity contribution is 0.195. The fraction of sp³-hybridized carbons (Fsp3) is 0.750. The summed E-state index contributed by atoms with van der Waals surface area (Å²) in [7, 11) is 0. The molecule has 1 atom stereocenters. The van der Waals surface area contributed by atoms with E-state index in [9.17, 15) is 0 Å². The van der Waals surface area contributed by atoms with Gasteiger partial charge < -0.3 is 5.32 Å². The molecular formula is C16H28N2S. The van der Waals surface area contributed by atoms with E-state index in [0.29, 0.717) is 0 Å². The first-order valence-corrected chi connectivity index (χ1v) is 8.75. The van der Waals surface area contributed by atoms with E-state index in [4.69, 9.17) is 0 Å². The summed E-state index contributed by atoms with van der Waals surface area (Å²) < 4.78 is 0. The summed E-state index contributed by atoms with van der Waals surface area (Å²) in [5.74, 6) is 0. The minimum Gasteiger partial charge on any atom is -0.315 e. The molecule has 0 saturated carbocycles. The zero-order chi connectivity index (χ0) is 13.3. The van der Waals surface area contributed by atoms with Crippen molar-refractivity contribution in [3.8, 4) is 0 Å². The molecule has 19 heavy (non-hydrogen) atoms. The topological polar surface area (TPSA) is 15.3 Å². The first-order chi connectivity index (χ1) is 9.40. The van der Waals surface area contributed by atoms with E-state index < -0.39 is 0 Å². The maximum atomic E-state index is 3.60. The van der Waals surface area contributed by atoms with Crippen LogP contribution in [-0.2, 0) is 6.42 Å². The Bertz CT molecular complexity index is 323. The Morgan fingerprint density at radius 2 is 2.26 bits per heavy atom. The molecule has 1 aromatic heterocycles. The van der Waals surface area contributed by atoms with Gasteiger partial charge in [0.25, 0.3) is 0 Å². The molecule has 0 aromatic carbocycles. The van der Waals surface area contributed by atoms with Crippen LogP contribution in [0.3, 0.4) is 0 Å². The van der Waals surface area contributed by atoms with Crippen molar-refractivity contribution >= 4 is 11.3 Å². The number of hydrogen-bond donors (Lipinski definition) is 1. The second-order valence-corrected chi connectivity index (χ2v) is 6.56. The van der Waals surface area contributed by atoms with Crippen LogP contribution >= 0.6 is 11.3 Å². The van der Waals surface area contributed by atoms with Gasteiger partial charge in [-0.1, -0.05) is 25.8 Å². The Morgan fingerprint density at radius 3 is 3.05 bits per heavy atom. The van der Waals surface area contributed by atoms with E-state index in [2.05, 4.69) is 34.7 Å². The lowest BCUT2D eigenvalue weighted by Crippen LogP contribution is -2.39. The fourth-order valence-electron chi connectivity index (χ4n) is 3.01. The van der Waals surface area contributed by atoms with Crippen molar-refractivity contribution in [2.75, 3.05) is 26.2 Å². The predicted molar refractivity (Wildman–Crippen MR) is 85.0 cm³/mol. The molecule has 1 aliphatic rings. The second-order valence-electron chi connectivity index (χ2n) is 5.53. The van der Waals surface area contributed by atoms with E-state index in [1.807, 2.05) is 11.3 Å². The third-order valence-corrected chi connectivity index (χ3v) is 5.11. The highest BCUT2D eigenvalue weighted by Gasteiger charge is 2.18. The van der Waals surface area contributed by atoms with Crippen LogP contribution in [0.2, 0.25) is 0 Å². The average Bonchev–Trinajstić information content (AvgIpc) is 2.84. The highest BCUT2D eigenvalue weighted by atomic mass is 32.1. The SMILES string of the molecule is CCC1CCCCCN1CCNCCc1cccs1. The summed E-state index contributed by atoms with van der Waals surface area (Å²) in [6, 6.07) is 5.21. The molecule has 0 amide bonds. The minimum atomic E-state index is 0.835. The third-order valence-electron chi connectivity index (χ3n) is 4.17. The summed E-state index contributed by atoms with van der Waals surface area (Å²) in [4.78, 5) is 4.21. The summed E-state index contributed by atoms with van der Waals surface area (Å²) >= 11 is 1.87. The van der Waals surface area contributed by atoms with Gasteiger partial charge in [-0.3, -0.25) is 4.90 Å². The molecule has 1 saturated heterocycles. The molecule has 1 N–H and O–H groups in total. The fourth-order valence-corrected chi connectivity index (χ4v) is 3.72. The number of thiophene rings is 1. The van der Waals surface area contributed by atoms with E-state index in [1.165, 1.54) is 56.5 Å². The second kappa shape index (κ2) is 8.72. The zero-order valence-corrected chi connectivity index (χ0v) is 13.1. The van der Waals surface area contributed by atoms with Crippen LogP contribution in [0.1, 0.15) is 43.9 Å². The van der Waals surface area contributed by atoms with Gasteiger partial charge in [-0.05, 0) is 43.7 Å². The van der Waals surface area contributed by atoms with Gasteiger partial charge in [0.2, 0.25) is 0 Å². The Morgan fingerprint density at radius 1 is 1.32 bits per heavy atom. The Balaban J connectivity index is 1.60. The highest BCUT2D eigenvalue weighted by Crippen LogP contribution is 2.18. The van der Waals surface area contributed by atoms with Gasteiger partial charge in [0.1, 0.15) is 0 Å². The molecule has 3 heteroatoms. The van der Waals surface area contributed by atoms with Crippen LogP contribution in [0.4, 0.5) is 0 Å². The van der Waals surface area contributed by atoms with Gasteiger partial charge in [-0.2, -0.15) is 0 Å². The van der Waals surface area contributed by atoms with Crippen LogP contribution in [0.15, 0.2) is 17.5 Å². The lowest BCUT2D eigenvalue weighted by atomic mass is 10.1. The van der Waals surface area contributed by atoms with E-state index >= 15 is 0 Å². The van der Waals surface area contributed by atoms with Gasteiger partial charge in [0.05, 0.1) is 0 Å². The molecule has 108 valence electrons. The largest absolute Gasteiger partial charge is 0.315 e. The van der Waals surface area contributed by atoms with Crippen LogP contribution in [0, 0.1) is 0 Å². The third kappa shape index (κ3) is 5.25. The smallest absolute Gasteiger partial charge is 0.0110 e. The number of nitrogens with zero attached hydrogens (tertiary/aromatic N) is 1. The van der Waals surface area contributed by atoms with Crippen molar-refractivity contribution in [2.45, 2.75) is 51.5 Å². The van der Waals surface area contributed by atoms with Crippen molar-refractivity contribution in [1.82, 2.24) is 10.2 Å². The van der Waals surface area contributed by atoms with Gasteiger partial charge in [0, 0.05) is 30.6 Å². The van der Waals surface area contributed by atoms with E-state index in [0.717, 1.165) is 19.1 Å². The molecule has 0 bridgehead atoms. The predicted octanol–water partition coefficient (Wildman–Crippen LogP) is 3.53. The van der Waals surface area contributed by atoms with Crippen molar-refractivity contribution in [1.29, 1.82) is 0 Å². The molecular weight excluding hydrogens is 252 g/mol. The Hall–Kier alpha value is -0.380. The molecule has 2 nitrogen and oxygen atoms in total. The van der Waals surface area contributed by atoms with Gasteiger partial charge in [0.15, 0.2) is 0 Å². The standard InChI is InChI=1S/C16H28N2S/c1-2-15-7-4-3-5-12-18(15)13-11-17-10-9-16-8-6-14-19-16/h6,8,14-15,17H,2-5,7,9-13H2,1H3. The maximum Gasteiger partial charge on any atom is 0.0110 e. The van der Waals surface area contributed by atoms with Crippen molar-refractivity contribution in [3.05, 3.63) is 22.4 Å². The maximum absolute atomic E-state index is 3.60. The molecule has 1 aliphatic heterocycles. The highest BCUT2D eigenvalue weighted by molar-refractivity contribution is 7.09. The van der Waals surface area contributed by atoms with Gasteiger partial charge in [-0.25, -0.2) is 0 Å². The summed E-state index contributed by atoms with van der Waals surface area (Å²) in [6.07, 6.45) is 8.15. The molecule has 0 spiro atoms. The molecule has 1 fully saturated rings. The summed E-state index contributed by atoms with van der Waals surface area (Å²) in [5.41, 5.74) is 0. The van der Waals surface area contributed by atoms with E-state index in [1.54, 1.807) is 0 Å². The zero-order valence-electron chi connectivity index (χ0n) is 12.2. The van der Waals surface area contributed by atoms with Crippen LogP contribution < -0.4 is 5.32 Å². The number of nitrogens with one attached hydrogen (secondary N) is 1. The quantitative estimate of drug-likeness (QED) is 0.769. The summed E-state index contributed by atoms with van der Waals surface area (Å²) in [5, 5.41) is 5.77. The van der Waals surface area contributed by atoms with Crippen LogP contribution in [0.25, 0.3) is 0 Å². The van der Waals surface area contributed by atoms with Gasteiger partial charge >= 0.3 is 0 Å². The molecule has 2 heterocycles. The number of likely N-dealkylation sites (tertiary alicyclic amines) is 1. The molecule has 1 aromatic rings. The lowest BCUT2D eigenvalue weighted by Gasteiger charge is -2.29. The van der Waals surface area contributed by atoms with Gasteiger partial charge in [-0.15, -0.1) is 11.3 Å². The molecule has 1 unspecified atom stereocenters. The molecule has 0 aliphatic carbocycles. The normalized spacial score (nSPS) is 21.4. The van der Waals surface area contributed by atoms with Crippen molar-refractivity contribution in [3.63, 3.8) is 0 Å².